The van der Waals surface area contributed by atoms with Gasteiger partial charge in [-0.1, -0.05) is 11.8 Å². The standard InChI is InChI=1S/C16H16O9S/c17-4-8-12(21)14(23)15(24)16(25-8)26-9-3-7(20)10-5(18)1-2-6(19)11(10)13(9)22/h1-3,8,12,14-19,21,23-24H,4H2. The van der Waals surface area contributed by atoms with Gasteiger partial charge in [0.25, 0.3) is 0 Å². The van der Waals surface area contributed by atoms with Gasteiger partial charge in [-0.3, -0.25) is 9.59 Å². The highest BCUT2D eigenvalue weighted by Gasteiger charge is 2.45. The summed E-state index contributed by atoms with van der Waals surface area (Å²) in [6.07, 6.45) is -5.01. The molecule has 0 spiro atoms. The van der Waals surface area contributed by atoms with Crippen molar-refractivity contribution in [2.24, 2.45) is 0 Å². The first-order chi connectivity index (χ1) is 12.3. The number of benzene rings is 1. The fraction of sp³-hybridized carbons (Fsp3) is 0.375. The average Bonchev–Trinajstić information content (AvgIpc) is 2.61. The Morgan fingerprint density at radius 2 is 1.58 bits per heavy atom. The summed E-state index contributed by atoms with van der Waals surface area (Å²) in [5.74, 6) is -2.43. The van der Waals surface area contributed by atoms with Gasteiger partial charge < -0.3 is 35.4 Å². The van der Waals surface area contributed by atoms with Crippen molar-refractivity contribution in [2.75, 3.05) is 6.61 Å². The number of hydrogen-bond donors (Lipinski definition) is 6. The van der Waals surface area contributed by atoms with Crippen LogP contribution in [0.5, 0.6) is 11.5 Å². The highest BCUT2D eigenvalue weighted by molar-refractivity contribution is 8.04. The topological polar surface area (TPSA) is 165 Å². The van der Waals surface area contributed by atoms with Gasteiger partial charge in [-0.25, -0.2) is 0 Å². The van der Waals surface area contributed by atoms with Gasteiger partial charge in [0, 0.05) is 6.08 Å². The number of phenolic OH excluding ortho intramolecular Hbond substituents is 2. The first-order valence-corrected chi connectivity index (χ1v) is 8.47. The van der Waals surface area contributed by atoms with Gasteiger partial charge in [0.1, 0.15) is 41.4 Å². The van der Waals surface area contributed by atoms with Crippen LogP contribution in [0.1, 0.15) is 20.7 Å². The zero-order valence-electron chi connectivity index (χ0n) is 13.1. The van der Waals surface area contributed by atoms with Crippen molar-refractivity contribution in [1.82, 2.24) is 0 Å². The fourth-order valence-electron chi connectivity index (χ4n) is 2.82. The molecule has 9 nitrogen and oxygen atoms in total. The lowest BCUT2D eigenvalue weighted by atomic mass is 9.93. The number of aliphatic hydroxyl groups excluding tert-OH is 4. The molecule has 0 aromatic heterocycles. The number of phenols is 2. The smallest absolute Gasteiger partial charge is 0.204 e. The minimum Gasteiger partial charge on any atom is -0.507 e. The Labute approximate surface area is 151 Å². The number of carbonyl (C=O) groups is 2. The predicted molar refractivity (Wildman–Crippen MR) is 87.9 cm³/mol. The van der Waals surface area contributed by atoms with Crippen molar-refractivity contribution in [3.05, 3.63) is 34.2 Å². The number of ketones is 2. The molecule has 3 rings (SSSR count). The largest absolute Gasteiger partial charge is 0.507 e. The molecule has 140 valence electrons. The Bertz CT molecular complexity index is 788. The second kappa shape index (κ2) is 6.99. The molecule has 1 aromatic carbocycles. The maximum absolute atomic E-state index is 12.6. The third kappa shape index (κ3) is 3.00. The van der Waals surface area contributed by atoms with Gasteiger partial charge >= 0.3 is 0 Å². The summed E-state index contributed by atoms with van der Waals surface area (Å²) in [6.45, 7) is -0.634. The highest BCUT2D eigenvalue weighted by atomic mass is 32.2. The molecule has 0 amide bonds. The van der Waals surface area contributed by atoms with Gasteiger partial charge in [0.2, 0.25) is 5.78 Å². The van der Waals surface area contributed by atoms with Crippen LogP contribution >= 0.6 is 11.8 Å². The van der Waals surface area contributed by atoms with Crippen LogP contribution in [-0.4, -0.2) is 78.7 Å². The number of aliphatic hydroxyl groups is 4. The number of aromatic hydroxyl groups is 2. The van der Waals surface area contributed by atoms with Gasteiger partial charge in [0.05, 0.1) is 22.6 Å². The summed E-state index contributed by atoms with van der Waals surface area (Å²) >= 11 is 0.608. The third-order valence-electron chi connectivity index (χ3n) is 4.21. The Morgan fingerprint density at radius 1 is 0.962 bits per heavy atom. The minimum absolute atomic E-state index is 0.187. The van der Waals surface area contributed by atoms with Crippen LogP contribution < -0.4 is 0 Å². The first kappa shape index (κ1) is 18.8. The number of ether oxygens (including phenoxy) is 1. The zero-order chi connectivity index (χ0) is 19.2. The molecule has 5 atom stereocenters. The van der Waals surface area contributed by atoms with Crippen LogP contribution in [0.15, 0.2) is 23.1 Å². The van der Waals surface area contributed by atoms with E-state index in [1.807, 2.05) is 0 Å². The van der Waals surface area contributed by atoms with E-state index in [2.05, 4.69) is 0 Å². The molecule has 1 heterocycles. The van der Waals surface area contributed by atoms with Crippen LogP contribution in [0.4, 0.5) is 0 Å². The molecule has 5 unspecified atom stereocenters. The first-order valence-electron chi connectivity index (χ1n) is 7.59. The monoisotopic (exact) mass is 384 g/mol. The number of fused-ring (bicyclic) bond motifs is 1. The Kier molecular flexibility index (Phi) is 5.06. The quantitative estimate of drug-likeness (QED) is 0.352. The lowest BCUT2D eigenvalue weighted by Gasteiger charge is -2.39. The molecule has 0 bridgehead atoms. The van der Waals surface area contributed by atoms with E-state index >= 15 is 0 Å². The van der Waals surface area contributed by atoms with Crippen molar-refractivity contribution in [1.29, 1.82) is 0 Å². The SMILES string of the molecule is O=C1C=C(SC2OC(CO)C(O)C(O)C2O)C(=O)c2c(O)ccc(O)c21. The number of allylic oxidation sites excluding steroid dienone is 2. The Hall–Kier alpha value is -1.95. The van der Waals surface area contributed by atoms with Gasteiger partial charge in [0.15, 0.2) is 5.78 Å². The lowest BCUT2D eigenvalue weighted by Crippen LogP contribution is -2.57. The summed E-state index contributed by atoms with van der Waals surface area (Å²) in [5, 5.41) is 58.5. The molecule has 10 heteroatoms. The fourth-order valence-corrected chi connectivity index (χ4v) is 3.95. The van der Waals surface area contributed by atoms with Crippen molar-refractivity contribution < 1.29 is 45.0 Å². The molecule has 0 radical (unpaired) electrons. The highest BCUT2D eigenvalue weighted by Crippen LogP contribution is 2.40. The van der Waals surface area contributed by atoms with Crippen LogP contribution in [0, 0.1) is 0 Å². The molecule has 6 N–H and O–H groups in total. The van der Waals surface area contributed by atoms with E-state index in [9.17, 15) is 40.2 Å². The number of Topliss-reactive ketones (excluding diaryl/α,β-unsaturated/α-hetero) is 1. The number of rotatable bonds is 3. The Balaban J connectivity index is 1.90. The lowest BCUT2D eigenvalue weighted by molar-refractivity contribution is -0.205. The summed E-state index contributed by atoms with van der Waals surface area (Å²) in [4.78, 5) is 24.6. The second-order valence-corrected chi connectivity index (χ2v) is 7.01. The van der Waals surface area contributed by atoms with Gasteiger partial charge in [-0.15, -0.1) is 0 Å². The van der Waals surface area contributed by atoms with E-state index in [1.54, 1.807) is 0 Å². The van der Waals surface area contributed by atoms with Crippen molar-refractivity contribution in [3.8, 4) is 11.5 Å². The number of thioether (sulfide) groups is 1. The van der Waals surface area contributed by atoms with Crippen molar-refractivity contribution >= 4 is 23.3 Å². The molecule has 1 aromatic rings. The molecular weight excluding hydrogens is 368 g/mol. The van der Waals surface area contributed by atoms with Crippen LogP contribution in [-0.2, 0) is 4.74 Å². The molecular formula is C16H16O9S. The number of carbonyl (C=O) groups excluding carboxylic acids is 2. The molecule has 0 saturated carbocycles. The van der Waals surface area contributed by atoms with Crippen molar-refractivity contribution in [3.63, 3.8) is 0 Å². The van der Waals surface area contributed by atoms with Crippen molar-refractivity contribution in [2.45, 2.75) is 29.9 Å². The predicted octanol–water partition coefficient (Wildman–Crippen LogP) is -1.11. The second-order valence-electron chi connectivity index (χ2n) is 5.87. The molecule has 26 heavy (non-hydrogen) atoms. The van der Waals surface area contributed by atoms with E-state index in [0.29, 0.717) is 11.8 Å². The van der Waals surface area contributed by atoms with Gasteiger partial charge in [-0.2, -0.15) is 0 Å². The molecule has 1 aliphatic heterocycles. The molecule has 1 aliphatic carbocycles. The molecule has 1 fully saturated rings. The molecule has 2 aliphatic rings. The summed E-state index contributed by atoms with van der Waals surface area (Å²) < 4.78 is 5.30. The van der Waals surface area contributed by atoms with Gasteiger partial charge in [-0.05, 0) is 12.1 Å². The number of hydrogen-bond acceptors (Lipinski definition) is 10. The van der Waals surface area contributed by atoms with E-state index in [4.69, 9.17) is 4.74 Å². The van der Waals surface area contributed by atoms with Crippen LogP contribution in [0.2, 0.25) is 0 Å². The van der Waals surface area contributed by atoms with E-state index < -0.39 is 59.5 Å². The normalized spacial score (nSPS) is 31.5. The maximum Gasteiger partial charge on any atom is 0.204 e. The average molecular weight is 384 g/mol. The Morgan fingerprint density at radius 3 is 2.19 bits per heavy atom. The van der Waals surface area contributed by atoms with Crippen LogP contribution in [0.25, 0.3) is 0 Å². The van der Waals surface area contributed by atoms with E-state index in [-0.39, 0.29) is 16.0 Å². The third-order valence-corrected chi connectivity index (χ3v) is 5.39. The van der Waals surface area contributed by atoms with E-state index in [1.165, 1.54) is 0 Å². The van der Waals surface area contributed by atoms with Crippen LogP contribution in [0.3, 0.4) is 0 Å². The minimum atomic E-state index is -1.63. The summed E-state index contributed by atoms with van der Waals surface area (Å²) in [7, 11) is 0. The maximum atomic E-state index is 12.6. The van der Waals surface area contributed by atoms with E-state index in [0.717, 1.165) is 18.2 Å². The zero-order valence-corrected chi connectivity index (χ0v) is 14.0. The summed E-state index contributed by atoms with van der Waals surface area (Å²) in [6, 6.07) is 2.16. The molecule has 1 saturated heterocycles. The summed E-state index contributed by atoms with van der Waals surface area (Å²) in [5.41, 5.74) is -1.95.